The van der Waals surface area contributed by atoms with Gasteiger partial charge in [0.05, 0.1) is 25.4 Å². The van der Waals surface area contributed by atoms with Crippen LogP contribution in [0.15, 0.2) is 12.3 Å². The van der Waals surface area contributed by atoms with Crippen LogP contribution >= 0.6 is 0 Å². The number of esters is 1. The summed E-state index contributed by atoms with van der Waals surface area (Å²) in [7, 11) is 0. The van der Waals surface area contributed by atoms with E-state index in [1.54, 1.807) is 6.26 Å². The van der Waals surface area contributed by atoms with Gasteiger partial charge in [0, 0.05) is 32.3 Å². The van der Waals surface area contributed by atoms with Crippen molar-refractivity contribution < 1.29 is 23.7 Å². The fourth-order valence-electron chi connectivity index (χ4n) is 2.73. The molecule has 2 atom stereocenters. The smallest absolute Gasteiger partial charge is 0.309 e. The first-order valence-electron chi connectivity index (χ1n) is 8.46. The van der Waals surface area contributed by atoms with Crippen LogP contribution in [0.5, 0.6) is 0 Å². The van der Waals surface area contributed by atoms with Gasteiger partial charge >= 0.3 is 5.97 Å². The van der Waals surface area contributed by atoms with Crippen LogP contribution < -0.4 is 0 Å². The molecule has 2 rings (SSSR count). The fraction of sp³-hybridized carbons (Fsp3) is 0.824. The van der Waals surface area contributed by atoms with E-state index in [2.05, 4.69) is 6.08 Å². The van der Waals surface area contributed by atoms with E-state index in [1.807, 2.05) is 0 Å². The topological polar surface area (TPSA) is 54.0 Å². The average Bonchev–Trinajstić information content (AvgIpc) is 3.17. The predicted molar refractivity (Wildman–Crippen MR) is 82.4 cm³/mol. The van der Waals surface area contributed by atoms with Crippen molar-refractivity contribution in [2.45, 2.75) is 38.5 Å². The lowest BCUT2D eigenvalue weighted by molar-refractivity contribution is -0.141. The summed E-state index contributed by atoms with van der Waals surface area (Å²) < 4.78 is 21.3. The normalized spacial score (nSPS) is 23.7. The molecular weight excluding hydrogens is 284 g/mol. The number of hydrogen-bond donors (Lipinski definition) is 0. The highest BCUT2D eigenvalue weighted by Crippen LogP contribution is 2.19. The lowest BCUT2D eigenvalue weighted by Crippen LogP contribution is -2.09. The molecule has 2 unspecified atom stereocenters. The summed E-state index contributed by atoms with van der Waals surface area (Å²) in [5, 5.41) is 0. The van der Waals surface area contributed by atoms with Gasteiger partial charge in [-0.1, -0.05) is 0 Å². The zero-order valence-electron chi connectivity index (χ0n) is 13.3. The molecule has 2 aliphatic heterocycles. The molecule has 1 fully saturated rings. The summed E-state index contributed by atoms with van der Waals surface area (Å²) in [6.45, 7) is 4.43. The van der Waals surface area contributed by atoms with Crippen molar-refractivity contribution in [1.82, 2.24) is 0 Å². The molecule has 2 heterocycles. The van der Waals surface area contributed by atoms with Crippen molar-refractivity contribution in [3.63, 3.8) is 0 Å². The summed E-state index contributed by atoms with van der Waals surface area (Å²) in [5.41, 5.74) is 0. The third-order valence-electron chi connectivity index (χ3n) is 4.08. The van der Waals surface area contributed by atoms with Crippen LogP contribution in [0.2, 0.25) is 0 Å². The van der Waals surface area contributed by atoms with Gasteiger partial charge in [0.2, 0.25) is 0 Å². The van der Waals surface area contributed by atoms with Crippen LogP contribution in [0.1, 0.15) is 38.5 Å². The molecule has 0 aromatic carbocycles. The van der Waals surface area contributed by atoms with Crippen LogP contribution in [0.25, 0.3) is 0 Å². The van der Waals surface area contributed by atoms with E-state index in [1.165, 1.54) is 0 Å². The van der Waals surface area contributed by atoms with Crippen LogP contribution in [0.4, 0.5) is 0 Å². The second kappa shape index (κ2) is 10.6. The van der Waals surface area contributed by atoms with E-state index in [0.29, 0.717) is 12.5 Å². The Bertz CT molecular complexity index is 342. The molecule has 0 aliphatic carbocycles. The molecule has 0 N–H and O–H groups in total. The number of hydrogen-bond acceptors (Lipinski definition) is 5. The van der Waals surface area contributed by atoms with Gasteiger partial charge < -0.3 is 18.9 Å². The van der Waals surface area contributed by atoms with E-state index >= 15 is 0 Å². The fourth-order valence-corrected chi connectivity index (χ4v) is 2.73. The van der Waals surface area contributed by atoms with Crippen molar-refractivity contribution in [3.8, 4) is 0 Å². The van der Waals surface area contributed by atoms with Gasteiger partial charge in [-0.15, -0.1) is 0 Å². The molecule has 0 spiro atoms. The number of rotatable bonds is 12. The largest absolute Gasteiger partial charge is 0.501 e. The minimum absolute atomic E-state index is 0.0342. The number of carbonyl (C=O) groups excluding carboxylic acids is 1. The maximum absolute atomic E-state index is 11.3. The number of cyclic esters (lactones) is 1. The average molecular weight is 312 g/mol. The van der Waals surface area contributed by atoms with Crippen molar-refractivity contribution in [3.05, 3.63) is 12.3 Å². The quantitative estimate of drug-likeness (QED) is 0.410. The van der Waals surface area contributed by atoms with Crippen molar-refractivity contribution in [2.75, 3.05) is 39.6 Å². The molecule has 1 saturated heterocycles. The van der Waals surface area contributed by atoms with Gasteiger partial charge in [-0.05, 0) is 44.6 Å². The summed E-state index contributed by atoms with van der Waals surface area (Å²) in [5.74, 6) is 0.643. The van der Waals surface area contributed by atoms with Crippen molar-refractivity contribution in [2.24, 2.45) is 11.8 Å². The minimum Gasteiger partial charge on any atom is -0.501 e. The monoisotopic (exact) mass is 312 g/mol. The standard InChI is InChI=1S/C17H28O5/c18-17-16(7-13-22-17)5-2-9-20-11-3-10-19-8-1-4-15-6-12-21-14-15/h6,12,15-16H,1-5,7-11,13-14H2. The van der Waals surface area contributed by atoms with Crippen molar-refractivity contribution >= 4 is 5.97 Å². The molecule has 5 heteroatoms. The second-order valence-corrected chi connectivity index (χ2v) is 5.94. The molecule has 0 aromatic heterocycles. The van der Waals surface area contributed by atoms with Gasteiger partial charge in [-0.2, -0.15) is 0 Å². The predicted octanol–water partition coefficient (Wildman–Crippen LogP) is 2.69. The molecule has 0 radical (unpaired) electrons. The maximum Gasteiger partial charge on any atom is 0.309 e. The Balaban J connectivity index is 1.28. The first-order valence-corrected chi connectivity index (χ1v) is 8.46. The van der Waals surface area contributed by atoms with Crippen LogP contribution in [-0.4, -0.2) is 45.6 Å². The second-order valence-electron chi connectivity index (χ2n) is 5.94. The highest BCUT2D eigenvalue weighted by molar-refractivity contribution is 5.73. The van der Waals surface area contributed by atoms with Gasteiger partial charge in [0.15, 0.2) is 0 Å². The molecule has 5 nitrogen and oxygen atoms in total. The lowest BCUT2D eigenvalue weighted by Gasteiger charge is -2.08. The Morgan fingerprint density at radius 1 is 1.05 bits per heavy atom. The van der Waals surface area contributed by atoms with E-state index in [9.17, 15) is 4.79 Å². The zero-order valence-corrected chi connectivity index (χ0v) is 13.3. The van der Waals surface area contributed by atoms with E-state index in [0.717, 1.165) is 71.6 Å². The maximum atomic E-state index is 11.3. The molecule has 2 aliphatic rings. The SMILES string of the molecule is O=C1OCCC1CCCOCCCOCCCC1C=COC1. The molecule has 0 aromatic rings. The highest BCUT2D eigenvalue weighted by atomic mass is 16.5. The van der Waals surface area contributed by atoms with Gasteiger partial charge in [0.1, 0.15) is 0 Å². The van der Waals surface area contributed by atoms with Crippen molar-refractivity contribution in [1.29, 1.82) is 0 Å². The molecule has 126 valence electrons. The zero-order chi connectivity index (χ0) is 15.5. The molecule has 0 bridgehead atoms. The summed E-state index contributed by atoms with van der Waals surface area (Å²) >= 11 is 0. The third kappa shape index (κ3) is 6.79. The van der Waals surface area contributed by atoms with E-state index < -0.39 is 0 Å². The number of ether oxygens (including phenoxy) is 4. The Hall–Kier alpha value is -1.07. The van der Waals surface area contributed by atoms with E-state index in [-0.39, 0.29) is 11.9 Å². The summed E-state index contributed by atoms with van der Waals surface area (Å²) in [6.07, 6.45) is 9.74. The van der Waals surface area contributed by atoms with Gasteiger partial charge in [0.25, 0.3) is 0 Å². The Morgan fingerprint density at radius 3 is 2.41 bits per heavy atom. The number of carbonyl (C=O) groups is 1. The molecular formula is C17H28O5. The Morgan fingerprint density at radius 2 is 1.77 bits per heavy atom. The van der Waals surface area contributed by atoms with Crippen LogP contribution in [-0.2, 0) is 23.7 Å². The Labute approximate surface area is 132 Å². The van der Waals surface area contributed by atoms with Gasteiger partial charge in [-0.25, -0.2) is 0 Å². The summed E-state index contributed by atoms with van der Waals surface area (Å²) in [6, 6.07) is 0. The highest BCUT2D eigenvalue weighted by Gasteiger charge is 2.25. The van der Waals surface area contributed by atoms with Crippen LogP contribution in [0.3, 0.4) is 0 Å². The van der Waals surface area contributed by atoms with E-state index in [4.69, 9.17) is 18.9 Å². The minimum atomic E-state index is -0.0342. The molecule has 22 heavy (non-hydrogen) atoms. The first kappa shape index (κ1) is 17.3. The first-order chi connectivity index (χ1) is 10.9. The third-order valence-corrected chi connectivity index (χ3v) is 4.08. The van der Waals surface area contributed by atoms with Crippen LogP contribution in [0, 0.1) is 11.8 Å². The van der Waals surface area contributed by atoms with Gasteiger partial charge in [-0.3, -0.25) is 4.79 Å². The Kier molecular flexibility index (Phi) is 8.35. The summed E-state index contributed by atoms with van der Waals surface area (Å²) in [4.78, 5) is 11.3. The molecule has 0 saturated carbocycles. The molecule has 0 amide bonds. The lowest BCUT2D eigenvalue weighted by atomic mass is 10.0.